The van der Waals surface area contributed by atoms with Gasteiger partial charge in [-0.3, -0.25) is 0 Å². The Morgan fingerprint density at radius 3 is 1.60 bits per heavy atom. The lowest BCUT2D eigenvalue weighted by Gasteiger charge is -2.39. The van der Waals surface area contributed by atoms with Gasteiger partial charge in [0.2, 0.25) is 0 Å². The first-order chi connectivity index (χ1) is 11.0. The van der Waals surface area contributed by atoms with E-state index in [1.807, 2.05) is 0 Å². The van der Waals surface area contributed by atoms with Crippen LogP contribution in [-0.2, 0) is 0 Å². The number of halogens is 9. The number of benzene rings is 1. The Hall–Kier alpha value is -1.05. The third-order valence-corrected chi connectivity index (χ3v) is 4.15. The zero-order valence-electron chi connectivity index (χ0n) is 13.6. The van der Waals surface area contributed by atoms with Crippen LogP contribution in [0.15, 0.2) is 30.3 Å². The standard InChI is InChI=1S/C16H17ClF8/c1-12(2,3)11(10-7-5-4-6-8-10)9-13(18,19)14(20,21)15(22,23)16(17,24)25/h4-8,11H,9H2,1-3H3. The molecular formula is C16H17ClF8. The summed E-state index contributed by atoms with van der Waals surface area (Å²) in [7, 11) is 0. The van der Waals surface area contributed by atoms with E-state index in [2.05, 4.69) is 11.6 Å². The third-order valence-electron chi connectivity index (χ3n) is 3.92. The van der Waals surface area contributed by atoms with Crippen LogP contribution in [0.25, 0.3) is 0 Å². The van der Waals surface area contributed by atoms with Gasteiger partial charge in [-0.05, 0) is 28.5 Å². The minimum atomic E-state index is -6.43. The molecule has 0 aliphatic carbocycles. The average molecular weight is 397 g/mol. The molecule has 0 aliphatic rings. The highest BCUT2D eigenvalue weighted by Gasteiger charge is 2.80. The predicted octanol–water partition coefficient (Wildman–Crippen LogP) is 6.94. The van der Waals surface area contributed by atoms with Crippen LogP contribution in [0.5, 0.6) is 0 Å². The zero-order chi connectivity index (χ0) is 19.9. The highest BCUT2D eigenvalue weighted by Crippen LogP contribution is 2.57. The van der Waals surface area contributed by atoms with E-state index in [1.54, 1.807) is 6.07 Å². The molecule has 1 unspecified atom stereocenters. The summed E-state index contributed by atoms with van der Waals surface area (Å²) in [6.45, 7) is 4.35. The summed E-state index contributed by atoms with van der Waals surface area (Å²) in [6, 6.07) is 7.23. The van der Waals surface area contributed by atoms with Gasteiger partial charge in [0.15, 0.2) is 0 Å². The van der Waals surface area contributed by atoms with Crippen molar-refractivity contribution in [1.82, 2.24) is 0 Å². The summed E-state index contributed by atoms with van der Waals surface area (Å²) >= 11 is 3.96. The molecule has 0 bridgehead atoms. The van der Waals surface area contributed by atoms with Crippen molar-refractivity contribution in [3.63, 3.8) is 0 Å². The maximum Gasteiger partial charge on any atom is 0.392 e. The molecule has 0 aliphatic heterocycles. The van der Waals surface area contributed by atoms with Gasteiger partial charge >= 0.3 is 23.1 Å². The molecule has 25 heavy (non-hydrogen) atoms. The van der Waals surface area contributed by atoms with Crippen molar-refractivity contribution in [2.45, 2.75) is 56.3 Å². The second kappa shape index (κ2) is 6.59. The first-order valence-corrected chi connectivity index (χ1v) is 7.58. The summed E-state index contributed by atoms with van der Waals surface area (Å²) in [4.78, 5) is 0. The van der Waals surface area contributed by atoms with Crippen LogP contribution < -0.4 is 0 Å². The van der Waals surface area contributed by atoms with Crippen LogP contribution in [0.2, 0.25) is 0 Å². The Morgan fingerprint density at radius 2 is 1.24 bits per heavy atom. The lowest BCUT2D eigenvalue weighted by Crippen LogP contribution is -2.61. The van der Waals surface area contributed by atoms with Gasteiger partial charge in [0, 0.05) is 6.42 Å². The smallest absolute Gasteiger partial charge is 0.200 e. The minimum absolute atomic E-state index is 0.200. The maximum absolute atomic E-state index is 14.1. The summed E-state index contributed by atoms with van der Waals surface area (Å²) in [5.41, 5.74) is -0.828. The van der Waals surface area contributed by atoms with Crippen molar-refractivity contribution < 1.29 is 35.1 Å². The van der Waals surface area contributed by atoms with Gasteiger partial charge in [0.25, 0.3) is 0 Å². The zero-order valence-corrected chi connectivity index (χ0v) is 14.3. The Kier molecular flexibility index (Phi) is 5.80. The van der Waals surface area contributed by atoms with Crippen molar-refractivity contribution in [3.8, 4) is 0 Å². The van der Waals surface area contributed by atoms with Gasteiger partial charge < -0.3 is 0 Å². The molecule has 9 heteroatoms. The molecule has 0 aromatic heterocycles. The molecule has 1 aromatic carbocycles. The van der Waals surface area contributed by atoms with Crippen LogP contribution in [0.4, 0.5) is 35.1 Å². The van der Waals surface area contributed by atoms with Crippen LogP contribution >= 0.6 is 11.6 Å². The van der Waals surface area contributed by atoms with Gasteiger partial charge in [0.05, 0.1) is 0 Å². The molecule has 1 atom stereocenters. The molecule has 1 aromatic rings. The van der Waals surface area contributed by atoms with E-state index in [0.29, 0.717) is 0 Å². The first kappa shape index (κ1) is 22.0. The summed E-state index contributed by atoms with van der Waals surface area (Å²) in [5.74, 6) is -19.5. The van der Waals surface area contributed by atoms with E-state index in [-0.39, 0.29) is 5.56 Å². The van der Waals surface area contributed by atoms with Gasteiger partial charge in [-0.15, -0.1) is 0 Å². The number of hydrogen-bond acceptors (Lipinski definition) is 0. The molecule has 0 fully saturated rings. The number of hydrogen-bond donors (Lipinski definition) is 0. The minimum Gasteiger partial charge on any atom is -0.200 e. The third kappa shape index (κ3) is 4.20. The van der Waals surface area contributed by atoms with Crippen molar-refractivity contribution >= 4 is 11.6 Å². The van der Waals surface area contributed by atoms with Gasteiger partial charge in [0.1, 0.15) is 0 Å². The molecule has 0 amide bonds. The van der Waals surface area contributed by atoms with Gasteiger partial charge in [-0.25, -0.2) is 0 Å². The first-order valence-electron chi connectivity index (χ1n) is 7.20. The van der Waals surface area contributed by atoms with Crippen molar-refractivity contribution in [1.29, 1.82) is 0 Å². The Morgan fingerprint density at radius 1 is 0.800 bits per heavy atom. The fraction of sp³-hybridized carbons (Fsp3) is 0.625. The number of rotatable bonds is 6. The van der Waals surface area contributed by atoms with Crippen LogP contribution in [0.3, 0.4) is 0 Å². The Labute approximate surface area is 145 Å². The SMILES string of the molecule is CC(C)(C)C(CC(F)(F)C(F)(F)C(F)(F)C(F)(F)Cl)c1ccccc1. The highest BCUT2D eigenvalue weighted by atomic mass is 35.5. The van der Waals surface area contributed by atoms with E-state index in [9.17, 15) is 35.1 Å². The summed E-state index contributed by atoms with van der Waals surface area (Å²) in [6.07, 6.45) is -1.75. The highest BCUT2D eigenvalue weighted by molar-refractivity contribution is 6.22. The second-order valence-electron chi connectivity index (χ2n) is 6.88. The molecule has 144 valence electrons. The lowest BCUT2D eigenvalue weighted by atomic mass is 9.72. The molecular weight excluding hydrogens is 380 g/mol. The van der Waals surface area contributed by atoms with Crippen LogP contribution in [0.1, 0.15) is 38.7 Å². The van der Waals surface area contributed by atoms with Crippen LogP contribution in [-0.4, -0.2) is 23.1 Å². The van der Waals surface area contributed by atoms with Crippen molar-refractivity contribution in [2.24, 2.45) is 5.41 Å². The topological polar surface area (TPSA) is 0 Å². The molecule has 0 spiro atoms. The molecule has 0 heterocycles. The van der Waals surface area contributed by atoms with Gasteiger partial charge in [-0.1, -0.05) is 51.1 Å². The van der Waals surface area contributed by atoms with E-state index >= 15 is 0 Å². The van der Waals surface area contributed by atoms with Crippen molar-refractivity contribution in [3.05, 3.63) is 35.9 Å². The summed E-state index contributed by atoms with van der Waals surface area (Å²) < 4.78 is 107. The normalized spacial score (nSPS) is 16.0. The van der Waals surface area contributed by atoms with Crippen molar-refractivity contribution in [2.75, 3.05) is 0 Å². The van der Waals surface area contributed by atoms with E-state index in [4.69, 9.17) is 0 Å². The Bertz CT molecular complexity index is 572. The predicted molar refractivity (Wildman–Crippen MR) is 78.9 cm³/mol. The fourth-order valence-electron chi connectivity index (χ4n) is 2.40. The summed E-state index contributed by atoms with van der Waals surface area (Å²) in [5, 5.41) is -5.83. The van der Waals surface area contributed by atoms with E-state index in [0.717, 1.165) is 0 Å². The second-order valence-corrected chi connectivity index (χ2v) is 7.36. The quantitative estimate of drug-likeness (QED) is 0.361. The van der Waals surface area contributed by atoms with Gasteiger partial charge in [-0.2, -0.15) is 35.1 Å². The molecule has 0 N–H and O–H groups in total. The van der Waals surface area contributed by atoms with E-state index < -0.39 is 40.9 Å². The average Bonchev–Trinajstić information content (AvgIpc) is 2.43. The molecule has 0 nitrogen and oxygen atoms in total. The molecule has 0 saturated carbocycles. The maximum atomic E-state index is 14.1. The fourth-order valence-corrected chi connectivity index (χ4v) is 2.52. The Balaban J connectivity index is 3.32. The number of alkyl halides is 9. The van der Waals surface area contributed by atoms with E-state index in [1.165, 1.54) is 45.0 Å². The molecule has 0 radical (unpaired) electrons. The largest absolute Gasteiger partial charge is 0.392 e. The monoisotopic (exact) mass is 396 g/mol. The lowest BCUT2D eigenvalue weighted by molar-refractivity contribution is -0.350. The molecule has 1 rings (SSSR count). The van der Waals surface area contributed by atoms with Crippen LogP contribution in [0, 0.1) is 5.41 Å². The molecule has 0 saturated heterocycles.